The molecule has 0 aliphatic carbocycles. The molecule has 3 rings (SSSR count). The minimum Gasteiger partial charge on any atom is -0.491 e. The van der Waals surface area contributed by atoms with Crippen molar-refractivity contribution in [3.05, 3.63) is 29.8 Å². The Morgan fingerprint density at radius 1 is 1.20 bits per heavy atom. The number of benzene rings is 1. The van der Waals surface area contributed by atoms with Crippen LogP contribution in [0, 0.1) is 5.41 Å². The molecule has 1 aromatic carbocycles. The summed E-state index contributed by atoms with van der Waals surface area (Å²) in [5.41, 5.74) is 6.90. The summed E-state index contributed by atoms with van der Waals surface area (Å²) in [6, 6.07) is 7.76. The van der Waals surface area contributed by atoms with Gasteiger partial charge in [-0.1, -0.05) is 44.4 Å². The van der Waals surface area contributed by atoms with E-state index in [1.807, 2.05) is 24.0 Å². The standard InChI is InChI=1S/C24H37N3O3/c1-2-8-20(25)22(28)27-16-13-24(14-17-27)12-7-3-4-9-19-10-5-6-11-21(19)30-18-15-26-23(24)29/h5-6,10-11,20H,2-4,7-9,12-18,25H2,1H3,(H,26,29)/t20-/m0/s1. The topological polar surface area (TPSA) is 84.7 Å². The maximum atomic E-state index is 13.2. The van der Waals surface area contributed by atoms with E-state index in [1.165, 1.54) is 5.56 Å². The number of rotatable bonds is 3. The molecule has 30 heavy (non-hydrogen) atoms. The summed E-state index contributed by atoms with van der Waals surface area (Å²) >= 11 is 0. The molecule has 1 aromatic rings. The lowest BCUT2D eigenvalue weighted by molar-refractivity contribution is -0.142. The van der Waals surface area contributed by atoms with Crippen LogP contribution in [-0.4, -0.2) is 49.0 Å². The number of hydrogen-bond acceptors (Lipinski definition) is 4. The number of nitrogens with two attached hydrogens (primary N) is 1. The lowest BCUT2D eigenvalue weighted by atomic mass is 9.73. The molecular formula is C24H37N3O3. The summed E-state index contributed by atoms with van der Waals surface area (Å²) in [6.45, 7) is 4.24. The number of para-hydroxylation sites is 1. The zero-order chi connectivity index (χ0) is 21.4. The Labute approximate surface area is 180 Å². The van der Waals surface area contributed by atoms with Crippen LogP contribution >= 0.6 is 0 Å². The molecule has 6 heteroatoms. The summed E-state index contributed by atoms with van der Waals surface area (Å²) in [5, 5.41) is 3.11. The molecule has 1 saturated heterocycles. The largest absolute Gasteiger partial charge is 0.491 e. The first kappa shape index (κ1) is 22.6. The van der Waals surface area contributed by atoms with Gasteiger partial charge >= 0.3 is 0 Å². The zero-order valence-electron chi connectivity index (χ0n) is 18.3. The highest BCUT2D eigenvalue weighted by atomic mass is 16.5. The van der Waals surface area contributed by atoms with E-state index in [0.29, 0.717) is 45.5 Å². The van der Waals surface area contributed by atoms with Crippen molar-refractivity contribution in [3.63, 3.8) is 0 Å². The van der Waals surface area contributed by atoms with Crippen molar-refractivity contribution in [1.82, 2.24) is 10.2 Å². The average Bonchev–Trinajstić information content (AvgIpc) is 2.77. The molecule has 1 atom stereocenters. The van der Waals surface area contributed by atoms with E-state index in [2.05, 4.69) is 17.4 Å². The predicted octanol–water partition coefficient (Wildman–Crippen LogP) is 3.03. The number of fused-ring (bicyclic) bond motifs is 1. The van der Waals surface area contributed by atoms with Gasteiger partial charge in [0.1, 0.15) is 12.4 Å². The monoisotopic (exact) mass is 415 g/mol. The molecule has 3 N–H and O–H groups in total. The van der Waals surface area contributed by atoms with Gasteiger partial charge in [0.05, 0.1) is 18.0 Å². The number of nitrogens with zero attached hydrogens (tertiary/aromatic N) is 1. The van der Waals surface area contributed by atoms with Crippen LogP contribution in [0.3, 0.4) is 0 Å². The second-order valence-corrected chi connectivity index (χ2v) is 8.77. The molecule has 6 nitrogen and oxygen atoms in total. The van der Waals surface area contributed by atoms with Crippen LogP contribution in [-0.2, 0) is 16.0 Å². The summed E-state index contributed by atoms with van der Waals surface area (Å²) in [6.07, 6.45) is 8.13. The summed E-state index contributed by atoms with van der Waals surface area (Å²) < 4.78 is 5.94. The van der Waals surface area contributed by atoms with Crippen LogP contribution in [0.25, 0.3) is 0 Å². The molecule has 2 amide bonds. The highest BCUT2D eigenvalue weighted by Crippen LogP contribution is 2.37. The van der Waals surface area contributed by atoms with E-state index in [-0.39, 0.29) is 17.2 Å². The van der Waals surface area contributed by atoms with Gasteiger partial charge in [0.2, 0.25) is 11.8 Å². The third-order valence-corrected chi connectivity index (χ3v) is 6.65. The molecular weight excluding hydrogens is 378 g/mol. The number of amides is 2. The molecule has 0 aromatic heterocycles. The Bertz CT molecular complexity index is 713. The molecule has 0 radical (unpaired) electrons. The highest BCUT2D eigenvalue weighted by molar-refractivity contribution is 5.84. The van der Waals surface area contributed by atoms with Gasteiger partial charge in [-0.2, -0.15) is 0 Å². The third kappa shape index (κ3) is 5.54. The van der Waals surface area contributed by atoms with Gasteiger partial charge in [0.15, 0.2) is 0 Å². The molecule has 0 bridgehead atoms. The first-order chi connectivity index (χ1) is 14.6. The van der Waals surface area contributed by atoms with Gasteiger partial charge in [0.25, 0.3) is 0 Å². The Balaban J connectivity index is 1.62. The summed E-state index contributed by atoms with van der Waals surface area (Å²) in [5.74, 6) is 1.07. The van der Waals surface area contributed by atoms with Crippen LogP contribution in [0.1, 0.15) is 63.9 Å². The predicted molar refractivity (Wildman–Crippen MR) is 118 cm³/mol. The fourth-order valence-electron chi connectivity index (χ4n) is 4.73. The summed E-state index contributed by atoms with van der Waals surface area (Å²) in [4.78, 5) is 27.6. The average molecular weight is 416 g/mol. The van der Waals surface area contributed by atoms with Crippen molar-refractivity contribution in [2.24, 2.45) is 11.1 Å². The van der Waals surface area contributed by atoms with Gasteiger partial charge in [-0.25, -0.2) is 0 Å². The van der Waals surface area contributed by atoms with Crippen molar-refractivity contribution >= 4 is 11.8 Å². The normalized spacial score (nSPS) is 21.3. The fourth-order valence-corrected chi connectivity index (χ4v) is 4.73. The number of nitrogens with one attached hydrogen (secondary N) is 1. The van der Waals surface area contributed by atoms with Crippen LogP contribution in [0.2, 0.25) is 0 Å². The molecule has 1 fully saturated rings. The van der Waals surface area contributed by atoms with E-state index in [1.54, 1.807) is 0 Å². The fraction of sp³-hybridized carbons (Fsp3) is 0.667. The van der Waals surface area contributed by atoms with Crippen molar-refractivity contribution in [3.8, 4) is 5.75 Å². The zero-order valence-corrected chi connectivity index (χ0v) is 18.3. The highest BCUT2D eigenvalue weighted by Gasteiger charge is 2.42. The molecule has 2 aliphatic heterocycles. The Hall–Kier alpha value is -2.08. The maximum Gasteiger partial charge on any atom is 0.239 e. The van der Waals surface area contributed by atoms with Gasteiger partial charge in [0, 0.05) is 13.1 Å². The van der Waals surface area contributed by atoms with Crippen molar-refractivity contribution in [2.75, 3.05) is 26.2 Å². The minimum atomic E-state index is -0.420. The molecule has 1 spiro atoms. The Morgan fingerprint density at radius 2 is 1.97 bits per heavy atom. The van der Waals surface area contributed by atoms with Crippen LogP contribution in [0.4, 0.5) is 0 Å². The van der Waals surface area contributed by atoms with E-state index in [4.69, 9.17) is 10.5 Å². The molecule has 0 unspecified atom stereocenters. The number of aryl methyl sites for hydroxylation is 1. The smallest absolute Gasteiger partial charge is 0.239 e. The number of carbonyl (C=O) groups excluding carboxylic acids is 2. The molecule has 166 valence electrons. The number of likely N-dealkylation sites (tertiary alicyclic amines) is 1. The van der Waals surface area contributed by atoms with Crippen LogP contribution < -0.4 is 15.8 Å². The second kappa shape index (κ2) is 10.8. The number of hydrogen-bond donors (Lipinski definition) is 2. The van der Waals surface area contributed by atoms with Gasteiger partial charge in [-0.05, 0) is 50.2 Å². The SMILES string of the molecule is CCC[C@H](N)C(=O)N1CCC2(CCCCCc3ccccc3OCCNC2=O)CC1. The van der Waals surface area contributed by atoms with Gasteiger partial charge in [-0.3, -0.25) is 9.59 Å². The maximum absolute atomic E-state index is 13.2. The lowest BCUT2D eigenvalue weighted by Crippen LogP contribution is -2.53. The van der Waals surface area contributed by atoms with E-state index in [9.17, 15) is 9.59 Å². The van der Waals surface area contributed by atoms with E-state index < -0.39 is 6.04 Å². The number of ether oxygens (including phenoxy) is 1. The summed E-state index contributed by atoms with van der Waals surface area (Å²) in [7, 11) is 0. The van der Waals surface area contributed by atoms with Gasteiger partial charge < -0.3 is 20.7 Å². The van der Waals surface area contributed by atoms with E-state index >= 15 is 0 Å². The second-order valence-electron chi connectivity index (χ2n) is 8.77. The van der Waals surface area contributed by atoms with Gasteiger partial charge in [-0.15, -0.1) is 0 Å². The minimum absolute atomic E-state index is 0.0305. The number of carbonyl (C=O) groups is 2. The van der Waals surface area contributed by atoms with Crippen molar-refractivity contribution in [1.29, 1.82) is 0 Å². The van der Waals surface area contributed by atoms with Crippen molar-refractivity contribution < 1.29 is 14.3 Å². The molecule has 0 saturated carbocycles. The van der Waals surface area contributed by atoms with Crippen LogP contribution in [0.15, 0.2) is 24.3 Å². The van der Waals surface area contributed by atoms with Crippen molar-refractivity contribution in [2.45, 2.75) is 70.8 Å². The van der Waals surface area contributed by atoms with E-state index in [0.717, 1.165) is 44.3 Å². The molecule has 2 aliphatic rings. The third-order valence-electron chi connectivity index (χ3n) is 6.65. The quantitative estimate of drug-likeness (QED) is 0.795. The molecule has 2 heterocycles. The first-order valence-electron chi connectivity index (χ1n) is 11.6. The lowest BCUT2D eigenvalue weighted by Gasteiger charge is -2.41. The Morgan fingerprint density at radius 3 is 2.73 bits per heavy atom. The number of piperidine rings is 1. The Kier molecular flexibility index (Phi) is 8.14. The first-order valence-corrected chi connectivity index (χ1v) is 11.6. The van der Waals surface area contributed by atoms with Crippen LogP contribution in [0.5, 0.6) is 5.75 Å².